The Morgan fingerprint density at radius 2 is 2.17 bits per heavy atom. The molecule has 1 aromatic carbocycles. The van der Waals surface area contributed by atoms with E-state index in [9.17, 15) is 4.79 Å². The van der Waals surface area contributed by atoms with Crippen LogP contribution in [0.4, 0.5) is 0 Å². The third kappa shape index (κ3) is 4.85. The molecule has 0 radical (unpaired) electrons. The molecule has 0 aliphatic rings. The van der Waals surface area contributed by atoms with Crippen LogP contribution in [0.3, 0.4) is 0 Å². The van der Waals surface area contributed by atoms with Gasteiger partial charge < -0.3 is 10.4 Å². The van der Waals surface area contributed by atoms with Crippen LogP contribution in [-0.2, 0) is 0 Å². The van der Waals surface area contributed by atoms with Crippen molar-refractivity contribution in [3.63, 3.8) is 0 Å². The molecule has 0 aliphatic carbocycles. The summed E-state index contributed by atoms with van der Waals surface area (Å²) in [5, 5.41) is 11.9. The van der Waals surface area contributed by atoms with Crippen LogP contribution in [0, 0.1) is 8.99 Å². The zero-order valence-corrected chi connectivity index (χ0v) is 14.2. The summed E-state index contributed by atoms with van der Waals surface area (Å²) in [4.78, 5) is 12.1. The number of aliphatic hydroxyl groups is 1. The maximum atomic E-state index is 12.1. The lowest BCUT2D eigenvalue weighted by Gasteiger charge is -2.24. The van der Waals surface area contributed by atoms with Crippen molar-refractivity contribution < 1.29 is 9.90 Å². The number of benzene rings is 1. The van der Waals surface area contributed by atoms with Gasteiger partial charge in [-0.15, -0.1) is 0 Å². The average molecular weight is 426 g/mol. The van der Waals surface area contributed by atoms with Gasteiger partial charge in [-0.2, -0.15) is 0 Å². The standard InChI is InChI=1S/C13H17BrINO2/c1-13(2,5-6-17)8-16-12(18)10-7-9(15)3-4-11(10)14/h3-4,7,17H,5-6,8H2,1-2H3,(H,16,18). The Morgan fingerprint density at radius 3 is 2.78 bits per heavy atom. The average Bonchev–Trinajstić information content (AvgIpc) is 2.29. The van der Waals surface area contributed by atoms with Gasteiger partial charge in [-0.1, -0.05) is 13.8 Å². The lowest BCUT2D eigenvalue weighted by Crippen LogP contribution is -2.34. The van der Waals surface area contributed by atoms with Crippen molar-refractivity contribution in [3.05, 3.63) is 31.8 Å². The van der Waals surface area contributed by atoms with Crippen molar-refractivity contribution in [1.29, 1.82) is 0 Å². The number of halogens is 2. The normalized spacial score (nSPS) is 11.4. The molecule has 3 nitrogen and oxygen atoms in total. The molecule has 18 heavy (non-hydrogen) atoms. The van der Waals surface area contributed by atoms with Crippen LogP contribution in [0.2, 0.25) is 0 Å². The molecule has 2 N–H and O–H groups in total. The summed E-state index contributed by atoms with van der Waals surface area (Å²) in [6.45, 7) is 4.72. The number of hydrogen-bond donors (Lipinski definition) is 2. The Labute approximate surface area is 130 Å². The van der Waals surface area contributed by atoms with Crippen molar-refractivity contribution in [2.24, 2.45) is 5.41 Å². The summed E-state index contributed by atoms with van der Waals surface area (Å²) in [6.07, 6.45) is 0.667. The molecule has 0 aliphatic heterocycles. The van der Waals surface area contributed by atoms with E-state index >= 15 is 0 Å². The van der Waals surface area contributed by atoms with Crippen molar-refractivity contribution >= 4 is 44.4 Å². The third-order valence-electron chi connectivity index (χ3n) is 2.69. The van der Waals surface area contributed by atoms with E-state index in [1.807, 2.05) is 32.0 Å². The van der Waals surface area contributed by atoms with E-state index in [-0.39, 0.29) is 17.9 Å². The quantitative estimate of drug-likeness (QED) is 0.711. The van der Waals surface area contributed by atoms with Crippen molar-refractivity contribution in [1.82, 2.24) is 5.32 Å². The molecule has 1 rings (SSSR count). The summed E-state index contributed by atoms with van der Waals surface area (Å²) >= 11 is 5.56. The van der Waals surface area contributed by atoms with Gasteiger partial charge in [0.2, 0.25) is 0 Å². The van der Waals surface area contributed by atoms with Gasteiger partial charge in [0.25, 0.3) is 5.91 Å². The zero-order valence-electron chi connectivity index (χ0n) is 10.5. The predicted octanol–water partition coefficient (Wildman–Crippen LogP) is 3.19. The number of nitrogens with one attached hydrogen (secondary N) is 1. The number of hydrogen-bond acceptors (Lipinski definition) is 2. The molecule has 0 saturated heterocycles. The molecule has 0 heterocycles. The molecule has 5 heteroatoms. The summed E-state index contributed by atoms with van der Waals surface area (Å²) in [6, 6.07) is 5.66. The van der Waals surface area contributed by atoms with Gasteiger partial charge in [0.05, 0.1) is 5.56 Å². The molecule has 1 aromatic rings. The molecule has 0 unspecified atom stereocenters. The van der Waals surface area contributed by atoms with Gasteiger partial charge in [0.15, 0.2) is 0 Å². The molecule has 0 spiro atoms. The Kier molecular flexibility index (Phi) is 6.07. The predicted molar refractivity (Wildman–Crippen MR) is 84.7 cm³/mol. The Hall–Kier alpha value is -0.140. The smallest absolute Gasteiger partial charge is 0.252 e. The van der Waals surface area contributed by atoms with Crippen LogP contribution in [0.25, 0.3) is 0 Å². The largest absolute Gasteiger partial charge is 0.396 e. The fraction of sp³-hybridized carbons (Fsp3) is 0.462. The van der Waals surface area contributed by atoms with Crippen LogP contribution in [-0.4, -0.2) is 24.2 Å². The molecule has 0 bridgehead atoms. The van der Waals surface area contributed by atoms with E-state index < -0.39 is 0 Å². The Morgan fingerprint density at radius 1 is 1.50 bits per heavy atom. The minimum Gasteiger partial charge on any atom is -0.396 e. The maximum absolute atomic E-state index is 12.1. The summed E-state index contributed by atoms with van der Waals surface area (Å²) in [7, 11) is 0. The monoisotopic (exact) mass is 425 g/mol. The van der Waals surface area contributed by atoms with Crippen molar-refractivity contribution in [3.8, 4) is 0 Å². The van der Waals surface area contributed by atoms with Crippen LogP contribution < -0.4 is 5.32 Å². The van der Waals surface area contributed by atoms with Crippen molar-refractivity contribution in [2.45, 2.75) is 20.3 Å². The van der Waals surface area contributed by atoms with E-state index in [2.05, 4.69) is 43.8 Å². The number of amides is 1. The van der Waals surface area contributed by atoms with Crippen LogP contribution in [0.1, 0.15) is 30.6 Å². The van der Waals surface area contributed by atoms with E-state index in [0.717, 1.165) is 8.04 Å². The zero-order chi connectivity index (χ0) is 13.8. The molecule has 100 valence electrons. The number of carbonyl (C=O) groups excluding carboxylic acids is 1. The minimum absolute atomic E-state index is 0.0913. The second-order valence-corrected chi connectivity index (χ2v) is 7.04. The Balaban J connectivity index is 2.69. The number of rotatable bonds is 5. The second kappa shape index (κ2) is 6.86. The number of carbonyl (C=O) groups is 1. The summed E-state index contributed by atoms with van der Waals surface area (Å²) in [5.74, 6) is -0.0913. The van der Waals surface area contributed by atoms with Gasteiger partial charge in [-0.25, -0.2) is 0 Å². The van der Waals surface area contributed by atoms with Gasteiger partial charge in [-0.3, -0.25) is 4.79 Å². The fourth-order valence-corrected chi connectivity index (χ4v) is 2.40. The summed E-state index contributed by atoms with van der Waals surface area (Å²) < 4.78 is 1.82. The lowest BCUT2D eigenvalue weighted by molar-refractivity contribution is 0.0927. The first-order valence-electron chi connectivity index (χ1n) is 5.70. The van der Waals surface area contributed by atoms with Crippen LogP contribution >= 0.6 is 38.5 Å². The first kappa shape index (κ1) is 15.9. The van der Waals surface area contributed by atoms with E-state index in [1.165, 1.54) is 0 Å². The highest BCUT2D eigenvalue weighted by molar-refractivity contribution is 14.1. The molecular weight excluding hydrogens is 409 g/mol. The highest BCUT2D eigenvalue weighted by Crippen LogP contribution is 2.21. The van der Waals surface area contributed by atoms with E-state index in [0.29, 0.717) is 18.5 Å². The molecular formula is C13H17BrINO2. The topological polar surface area (TPSA) is 49.3 Å². The van der Waals surface area contributed by atoms with Crippen LogP contribution in [0.15, 0.2) is 22.7 Å². The van der Waals surface area contributed by atoms with E-state index in [1.54, 1.807) is 0 Å². The molecule has 1 amide bonds. The lowest BCUT2D eigenvalue weighted by atomic mass is 9.89. The Bertz CT molecular complexity index is 435. The molecule has 0 atom stereocenters. The van der Waals surface area contributed by atoms with E-state index in [4.69, 9.17) is 5.11 Å². The number of aliphatic hydroxyl groups excluding tert-OH is 1. The highest BCUT2D eigenvalue weighted by atomic mass is 127. The molecule has 0 saturated carbocycles. The third-order valence-corrected chi connectivity index (χ3v) is 4.05. The maximum Gasteiger partial charge on any atom is 0.252 e. The highest BCUT2D eigenvalue weighted by Gasteiger charge is 2.19. The van der Waals surface area contributed by atoms with Crippen LogP contribution in [0.5, 0.6) is 0 Å². The van der Waals surface area contributed by atoms with Gasteiger partial charge in [0, 0.05) is 21.2 Å². The van der Waals surface area contributed by atoms with Gasteiger partial charge in [0.1, 0.15) is 0 Å². The first-order chi connectivity index (χ1) is 8.35. The van der Waals surface area contributed by atoms with Gasteiger partial charge >= 0.3 is 0 Å². The van der Waals surface area contributed by atoms with Gasteiger partial charge in [-0.05, 0) is 68.6 Å². The molecule has 0 fully saturated rings. The van der Waals surface area contributed by atoms with Crippen molar-refractivity contribution in [2.75, 3.05) is 13.2 Å². The fourth-order valence-electron chi connectivity index (χ4n) is 1.48. The second-order valence-electron chi connectivity index (χ2n) is 4.94. The minimum atomic E-state index is -0.0984. The molecule has 0 aromatic heterocycles. The summed E-state index contributed by atoms with van der Waals surface area (Å²) in [5.41, 5.74) is 0.542. The SMILES string of the molecule is CC(C)(CCO)CNC(=O)c1cc(I)ccc1Br. The first-order valence-corrected chi connectivity index (χ1v) is 7.57.